The van der Waals surface area contributed by atoms with Crippen molar-refractivity contribution < 1.29 is 0 Å². The first-order valence-corrected chi connectivity index (χ1v) is 7.81. The Hall–Kier alpha value is -0.850. The number of hydrogen-bond acceptors (Lipinski definition) is 6. The van der Waals surface area contributed by atoms with E-state index in [1.807, 2.05) is 11.6 Å². The molecule has 0 saturated carbocycles. The molecule has 6 heteroatoms. The Kier molecular flexibility index (Phi) is 4.79. The molecule has 0 saturated heterocycles. The summed E-state index contributed by atoms with van der Waals surface area (Å²) in [6, 6.07) is 0.276. The van der Waals surface area contributed by atoms with E-state index in [9.17, 15) is 0 Å². The summed E-state index contributed by atoms with van der Waals surface area (Å²) in [6.07, 6.45) is 2.77. The van der Waals surface area contributed by atoms with Gasteiger partial charge in [0.2, 0.25) is 0 Å². The maximum Gasteiger partial charge on any atom is 0.0944 e. The second-order valence-corrected chi connectivity index (χ2v) is 6.18. The average Bonchev–Trinajstić information content (AvgIpc) is 2.99. The van der Waals surface area contributed by atoms with Gasteiger partial charge in [-0.2, -0.15) is 0 Å². The summed E-state index contributed by atoms with van der Waals surface area (Å²) in [5.74, 6) is 0.413. The van der Waals surface area contributed by atoms with Crippen LogP contribution in [0.2, 0.25) is 0 Å². The van der Waals surface area contributed by atoms with E-state index >= 15 is 0 Å². The molecule has 0 radical (unpaired) electrons. The Labute approximate surface area is 116 Å². The molecule has 0 bridgehead atoms. The standard InChI is InChI=1S/C12H18N4S2/c1-4-13-9(7-10-14-5-6-17-10)12-11(8(2)3)15-16-18-12/h5-6,8-9,13H,4,7H2,1-3H3. The molecule has 0 aliphatic heterocycles. The largest absolute Gasteiger partial charge is 0.309 e. The highest BCUT2D eigenvalue weighted by Crippen LogP contribution is 2.28. The van der Waals surface area contributed by atoms with Crippen LogP contribution in [0.4, 0.5) is 0 Å². The highest BCUT2D eigenvalue weighted by molar-refractivity contribution is 7.09. The van der Waals surface area contributed by atoms with Crippen LogP contribution in [0.25, 0.3) is 0 Å². The van der Waals surface area contributed by atoms with Crippen molar-refractivity contribution >= 4 is 22.9 Å². The molecule has 98 valence electrons. The summed E-state index contributed by atoms with van der Waals surface area (Å²) in [6.45, 7) is 7.38. The molecule has 4 nitrogen and oxygen atoms in total. The quantitative estimate of drug-likeness (QED) is 0.885. The lowest BCUT2D eigenvalue weighted by Crippen LogP contribution is -2.23. The lowest BCUT2D eigenvalue weighted by molar-refractivity contribution is 0.548. The van der Waals surface area contributed by atoms with Gasteiger partial charge in [0.05, 0.1) is 21.6 Å². The fourth-order valence-electron chi connectivity index (χ4n) is 1.88. The first-order valence-electron chi connectivity index (χ1n) is 6.16. The molecule has 18 heavy (non-hydrogen) atoms. The summed E-state index contributed by atoms with van der Waals surface area (Å²) in [5, 5.41) is 11.0. The first kappa shape index (κ1) is 13.6. The minimum absolute atomic E-state index is 0.276. The smallest absolute Gasteiger partial charge is 0.0944 e. The van der Waals surface area contributed by atoms with Crippen LogP contribution in [0, 0.1) is 0 Å². The van der Waals surface area contributed by atoms with Crippen molar-refractivity contribution in [1.29, 1.82) is 0 Å². The molecule has 0 aromatic carbocycles. The highest BCUT2D eigenvalue weighted by Gasteiger charge is 2.21. The van der Waals surface area contributed by atoms with Crippen LogP contribution in [0.15, 0.2) is 11.6 Å². The molecule has 0 aliphatic carbocycles. The normalized spacial score (nSPS) is 13.1. The SMILES string of the molecule is CCNC(Cc1nccs1)c1snnc1C(C)C. The second kappa shape index (κ2) is 6.36. The van der Waals surface area contributed by atoms with Crippen molar-refractivity contribution in [1.82, 2.24) is 19.9 Å². The van der Waals surface area contributed by atoms with Gasteiger partial charge in [-0.05, 0) is 24.0 Å². The van der Waals surface area contributed by atoms with Gasteiger partial charge in [0.1, 0.15) is 0 Å². The molecule has 0 aliphatic rings. The van der Waals surface area contributed by atoms with E-state index in [1.165, 1.54) is 16.4 Å². The summed E-state index contributed by atoms with van der Waals surface area (Å²) >= 11 is 3.20. The zero-order chi connectivity index (χ0) is 13.0. The molecule has 0 spiro atoms. The predicted octanol–water partition coefficient (Wildman–Crippen LogP) is 3.01. The van der Waals surface area contributed by atoms with Crippen molar-refractivity contribution in [2.75, 3.05) is 6.54 Å². The van der Waals surface area contributed by atoms with Crippen molar-refractivity contribution in [3.8, 4) is 0 Å². The molecule has 1 atom stereocenters. The molecule has 2 aromatic rings. The van der Waals surface area contributed by atoms with Crippen molar-refractivity contribution in [3.05, 3.63) is 27.2 Å². The lowest BCUT2D eigenvalue weighted by atomic mass is 10.0. The van der Waals surface area contributed by atoms with E-state index < -0.39 is 0 Å². The van der Waals surface area contributed by atoms with E-state index in [0.717, 1.165) is 23.7 Å². The third-order valence-corrected chi connectivity index (χ3v) is 4.37. The zero-order valence-electron chi connectivity index (χ0n) is 10.9. The number of nitrogens with one attached hydrogen (secondary N) is 1. The fraction of sp³-hybridized carbons (Fsp3) is 0.583. The fourth-order valence-corrected chi connectivity index (χ4v) is 3.42. The molecule has 1 N–H and O–H groups in total. The van der Waals surface area contributed by atoms with Gasteiger partial charge in [-0.1, -0.05) is 25.3 Å². The summed E-state index contributed by atoms with van der Waals surface area (Å²) in [5.41, 5.74) is 1.11. The number of likely N-dealkylation sites (N-methyl/N-ethyl adjacent to an activating group) is 1. The molecule has 0 fully saturated rings. The van der Waals surface area contributed by atoms with Gasteiger partial charge in [0.25, 0.3) is 0 Å². The van der Waals surface area contributed by atoms with E-state index in [1.54, 1.807) is 11.3 Å². The van der Waals surface area contributed by atoms with Gasteiger partial charge in [-0.3, -0.25) is 0 Å². The topological polar surface area (TPSA) is 50.7 Å². The molecule has 2 heterocycles. The van der Waals surface area contributed by atoms with E-state index in [-0.39, 0.29) is 6.04 Å². The third kappa shape index (κ3) is 3.13. The van der Waals surface area contributed by atoms with Crippen molar-refractivity contribution in [2.45, 2.75) is 39.2 Å². The average molecular weight is 282 g/mol. The maximum absolute atomic E-state index is 4.37. The first-order chi connectivity index (χ1) is 8.72. The van der Waals surface area contributed by atoms with Gasteiger partial charge in [0, 0.05) is 18.0 Å². The minimum atomic E-state index is 0.276. The highest BCUT2D eigenvalue weighted by atomic mass is 32.1. The molecule has 2 rings (SSSR count). The van der Waals surface area contributed by atoms with E-state index in [2.05, 4.69) is 40.7 Å². The number of thiazole rings is 1. The van der Waals surface area contributed by atoms with Crippen molar-refractivity contribution in [3.63, 3.8) is 0 Å². The molecular weight excluding hydrogens is 264 g/mol. The number of aromatic nitrogens is 3. The van der Waals surface area contributed by atoms with Crippen LogP contribution in [0.3, 0.4) is 0 Å². The molecule has 2 aromatic heterocycles. The predicted molar refractivity (Wildman–Crippen MR) is 76.2 cm³/mol. The van der Waals surface area contributed by atoms with Gasteiger partial charge < -0.3 is 5.32 Å². The van der Waals surface area contributed by atoms with Crippen LogP contribution < -0.4 is 5.32 Å². The molecular formula is C12H18N4S2. The monoisotopic (exact) mass is 282 g/mol. The van der Waals surface area contributed by atoms with Gasteiger partial charge in [-0.25, -0.2) is 4.98 Å². The number of rotatable bonds is 6. The molecule has 1 unspecified atom stereocenters. The van der Waals surface area contributed by atoms with Gasteiger partial charge >= 0.3 is 0 Å². The van der Waals surface area contributed by atoms with Crippen LogP contribution in [0.1, 0.15) is 48.3 Å². The Bertz CT molecular complexity index is 464. The minimum Gasteiger partial charge on any atom is -0.309 e. The van der Waals surface area contributed by atoms with Gasteiger partial charge in [0.15, 0.2) is 0 Å². The maximum atomic E-state index is 4.37. The third-order valence-electron chi connectivity index (χ3n) is 2.72. The zero-order valence-corrected chi connectivity index (χ0v) is 12.5. The van der Waals surface area contributed by atoms with E-state index in [4.69, 9.17) is 0 Å². The molecule has 0 amide bonds. The van der Waals surface area contributed by atoms with Crippen LogP contribution in [-0.2, 0) is 6.42 Å². The lowest BCUT2D eigenvalue weighted by Gasteiger charge is -2.16. The Morgan fingerprint density at radius 2 is 2.22 bits per heavy atom. The van der Waals surface area contributed by atoms with Crippen LogP contribution >= 0.6 is 22.9 Å². The summed E-state index contributed by atoms with van der Waals surface area (Å²) in [7, 11) is 0. The Morgan fingerprint density at radius 1 is 1.39 bits per heavy atom. The Balaban J connectivity index is 2.21. The van der Waals surface area contributed by atoms with E-state index in [0.29, 0.717) is 5.92 Å². The summed E-state index contributed by atoms with van der Waals surface area (Å²) in [4.78, 5) is 5.62. The number of hydrogen-bond donors (Lipinski definition) is 1. The second-order valence-electron chi connectivity index (χ2n) is 4.42. The van der Waals surface area contributed by atoms with Crippen molar-refractivity contribution in [2.24, 2.45) is 0 Å². The Morgan fingerprint density at radius 3 is 2.83 bits per heavy atom. The van der Waals surface area contributed by atoms with Crippen LogP contribution in [-0.4, -0.2) is 21.1 Å². The summed E-state index contributed by atoms with van der Waals surface area (Å²) < 4.78 is 4.11. The van der Waals surface area contributed by atoms with Gasteiger partial charge in [-0.15, -0.1) is 16.4 Å². The van der Waals surface area contributed by atoms with Crippen LogP contribution in [0.5, 0.6) is 0 Å². The number of nitrogens with zero attached hydrogens (tertiary/aromatic N) is 3.